The van der Waals surface area contributed by atoms with Crippen LogP contribution < -0.4 is 0 Å². The number of halogens is 2. The first-order chi connectivity index (χ1) is 9.46. The van der Waals surface area contributed by atoms with E-state index in [0.29, 0.717) is 5.15 Å². The Bertz CT molecular complexity index is 597. The van der Waals surface area contributed by atoms with Gasteiger partial charge in [0.2, 0.25) is 0 Å². The first-order valence-corrected chi connectivity index (χ1v) is 8.20. The molecule has 0 saturated heterocycles. The van der Waals surface area contributed by atoms with Crippen LogP contribution in [0.2, 0.25) is 5.15 Å². The fourth-order valence-corrected chi connectivity index (χ4v) is 2.83. The van der Waals surface area contributed by atoms with Gasteiger partial charge in [0.05, 0.1) is 9.26 Å². The van der Waals surface area contributed by atoms with Gasteiger partial charge >= 0.3 is 0 Å². The standard InChI is InChI=1S/C16H18ClIN2/c1-4-8-12-13(18)14(17)20-15(19-12)16(2,3)11-9-6-5-7-10-11/h5-7,9-10H,4,8H2,1-3H3. The van der Waals surface area contributed by atoms with Gasteiger partial charge in [0.25, 0.3) is 0 Å². The number of aryl methyl sites for hydroxylation is 1. The molecule has 20 heavy (non-hydrogen) atoms. The fourth-order valence-electron chi connectivity index (χ4n) is 2.13. The third-order valence-corrected chi connectivity index (χ3v) is 5.15. The summed E-state index contributed by atoms with van der Waals surface area (Å²) >= 11 is 8.52. The van der Waals surface area contributed by atoms with Gasteiger partial charge in [0.15, 0.2) is 0 Å². The molecular weight excluding hydrogens is 383 g/mol. The predicted octanol–water partition coefficient (Wildman–Crippen LogP) is 5.01. The molecule has 0 aliphatic heterocycles. The third-order valence-electron chi connectivity index (χ3n) is 3.42. The number of aromatic nitrogens is 2. The monoisotopic (exact) mass is 400 g/mol. The summed E-state index contributed by atoms with van der Waals surface area (Å²) in [6.07, 6.45) is 1.98. The lowest BCUT2D eigenvalue weighted by Crippen LogP contribution is -2.23. The van der Waals surface area contributed by atoms with Gasteiger partial charge in [-0.25, -0.2) is 9.97 Å². The Balaban J connectivity index is 2.52. The van der Waals surface area contributed by atoms with E-state index in [2.05, 4.69) is 60.5 Å². The van der Waals surface area contributed by atoms with E-state index in [1.807, 2.05) is 18.2 Å². The van der Waals surface area contributed by atoms with Crippen LogP contribution in [0, 0.1) is 3.57 Å². The molecule has 0 spiro atoms. The van der Waals surface area contributed by atoms with Crippen molar-refractivity contribution in [2.24, 2.45) is 0 Å². The van der Waals surface area contributed by atoms with Crippen LogP contribution in [0.4, 0.5) is 0 Å². The summed E-state index contributed by atoms with van der Waals surface area (Å²) < 4.78 is 0.971. The maximum atomic E-state index is 6.29. The van der Waals surface area contributed by atoms with Gasteiger partial charge in [-0.3, -0.25) is 0 Å². The van der Waals surface area contributed by atoms with Gasteiger partial charge in [-0.2, -0.15) is 0 Å². The van der Waals surface area contributed by atoms with E-state index in [-0.39, 0.29) is 5.41 Å². The van der Waals surface area contributed by atoms with Gasteiger partial charge < -0.3 is 0 Å². The average Bonchev–Trinajstić information content (AvgIpc) is 2.44. The van der Waals surface area contributed by atoms with Crippen LogP contribution in [0.15, 0.2) is 30.3 Å². The third kappa shape index (κ3) is 3.14. The zero-order valence-electron chi connectivity index (χ0n) is 12.0. The first kappa shape index (κ1) is 15.7. The normalized spacial score (nSPS) is 11.7. The van der Waals surface area contributed by atoms with Crippen molar-refractivity contribution >= 4 is 34.2 Å². The summed E-state index contributed by atoms with van der Waals surface area (Å²) in [4.78, 5) is 9.28. The zero-order valence-corrected chi connectivity index (χ0v) is 14.9. The van der Waals surface area contributed by atoms with Crippen molar-refractivity contribution in [2.75, 3.05) is 0 Å². The highest BCUT2D eigenvalue weighted by Crippen LogP contribution is 2.31. The van der Waals surface area contributed by atoms with Gasteiger partial charge in [-0.15, -0.1) is 0 Å². The number of rotatable bonds is 4. The van der Waals surface area contributed by atoms with Crippen LogP contribution in [0.5, 0.6) is 0 Å². The summed E-state index contributed by atoms with van der Waals surface area (Å²) in [5.74, 6) is 0.789. The molecule has 0 saturated carbocycles. The number of benzene rings is 1. The van der Waals surface area contributed by atoms with Crippen molar-refractivity contribution in [2.45, 2.75) is 39.0 Å². The molecule has 0 fully saturated rings. The van der Waals surface area contributed by atoms with Crippen molar-refractivity contribution < 1.29 is 0 Å². The Morgan fingerprint density at radius 3 is 2.40 bits per heavy atom. The molecule has 1 aromatic heterocycles. The van der Waals surface area contributed by atoms with Crippen LogP contribution in [0.25, 0.3) is 0 Å². The Morgan fingerprint density at radius 1 is 1.15 bits per heavy atom. The van der Waals surface area contributed by atoms with Gasteiger partial charge in [0, 0.05) is 5.41 Å². The fraction of sp³-hybridized carbons (Fsp3) is 0.375. The van der Waals surface area contributed by atoms with E-state index in [9.17, 15) is 0 Å². The number of nitrogens with zero attached hydrogens (tertiary/aromatic N) is 2. The quantitative estimate of drug-likeness (QED) is 0.532. The smallest absolute Gasteiger partial charge is 0.146 e. The Hall–Kier alpha value is -0.680. The molecule has 0 aliphatic rings. The molecule has 0 unspecified atom stereocenters. The van der Waals surface area contributed by atoms with Crippen LogP contribution in [-0.2, 0) is 11.8 Å². The molecule has 1 aromatic carbocycles. The maximum absolute atomic E-state index is 6.29. The maximum Gasteiger partial charge on any atom is 0.146 e. The lowest BCUT2D eigenvalue weighted by molar-refractivity contribution is 0.583. The molecule has 4 heteroatoms. The van der Waals surface area contributed by atoms with E-state index in [1.165, 1.54) is 5.56 Å². The van der Waals surface area contributed by atoms with Crippen molar-refractivity contribution in [3.63, 3.8) is 0 Å². The molecule has 106 valence electrons. The van der Waals surface area contributed by atoms with Crippen LogP contribution in [0.1, 0.15) is 44.3 Å². The molecule has 1 heterocycles. The SMILES string of the molecule is CCCc1nc(C(C)(C)c2ccccc2)nc(Cl)c1I. The summed E-state index contributed by atoms with van der Waals surface area (Å²) in [7, 11) is 0. The van der Waals surface area contributed by atoms with Crippen LogP contribution in [0.3, 0.4) is 0 Å². The highest BCUT2D eigenvalue weighted by atomic mass is 127. The zero-order chi connectivity index (χ0) is 14.8. The molecule has 0 radical (unpaired) electrons. The largest absolute Gasteiger partial charge is 0.236 e. The van der Waals surface area contributed by atoms with Gasteiger partial charge in [-0.1, -0.05) is 55.3 Å². The van der Waals surface area contributed by atoms with Crippen LogP contribution in [-0.4, -0.2) is 9.97 Å². The number of hydrogen-bond acceptors (Lipinski definition) is 2. The summed E-state index contributed by atoms with van der Waals surface area (Å²) in [6.45, 7) is 6.42. The molecule has 0 atom stereocenters. The minimum absolute atomic E-state index is 0.252. The second kappa shape index (κ2) is 6.39. The Labute approximate surface area is 139 Å². The second-order valence-electron chi connectivity index (χ2n) is 5.34. The van der Waals surface area contributed by atoms with E-state index in [0.717, 1.165) is 27.9 Å². The molecule has 2 rings (SSSR count). The molecule has 2 aromatic rings. The van der Waals surface area contributed by atoms with Crippen LogP contribution >= 0.6 is 34.2 Å². The minimum Gasteiger partial charge on any atom is -0.236 e. The lowest BCUT2D eigenvalue weighted by Gasteiger charge is -2.24. The molecule has 0 amide bonds. The lowest BCUT2D eigenvalue weighted by atomic mass is 9.83. The minimum atomic E-state index is -0.252. The number of hydrogen-bond donors (Lipinski definition) is 0. The molecule has 0 N–H and O–H groups in total. The highest BCUT2D eigenvalue weighted by molar-refractivity contribution is 14.1. The van der Waals surface area contributed by atoms with E-state index < -0.39 is 0 Å². The highest BCUT2D eigenvalue weighted by Gasteiger charge is 2.27. The van der Waals surface area contributed by atoms with E-state index in [1.54, 1.807) is 0 Å². The summed E-state index contributed by atoms with van der Waals surface area (Å²) in [5, 5.41) is 0.558. The Kier molecular flexibility index (Phi) is 5.02. The average molecular weight is 401 g/mol. The van der Waals surface area contributed by atoms with Gasteiger partial charge in [0.1, 0.15) is 11.0 Å². The summed E-state index contributed by atoms with van der Waals surface area (Å²) in [6, 6.07) is 10.3. The molecule has 0 bridgehead atoms. The van der Waals surface area contributed by atoms with Crippen molar-refractivity contribution in [3.8, 4) is 0 Å². The van der Waals surface area contributed by atoms with E-state index in [4.69, 9.17) is 16.6 Å². The Morgan fingerprint density at radius 2 is 1.80 bits per heavy atom. The van der Waals surface area contributed by atoms with Gasteiger partial charge in [-0.05, 0) is 48.4 Å². The molecule has 2 nitrogen and oxygen atoms in total. The summed E-state index contributed by atoms with van der Waals surface area (Å²) in [5.41, 5.74) is 1.99. The molecular formula is C16H18ClIN2. The second-order valence-corrected chi connectivity index (χ2v) is 6.78. The van der Waals surface area contributed by atoms with Crippen molar-refractivity contribution in [1.82, 2.24) is 9.97 Å². The van der Waals surface area contributed by atoms with Crippen molar-refractivity contribution in [3.05, 3.63) is 56.1 Å². The topological polar surface area (TPSA) is 25.8 Å². The van der Waals surface area contributed by atoms with Crippen molar-refractivity contribution in [1.29, 1.82) is 0 Å². The predicted molar refractivity (Wildman–Crippen MR) is 92.3 cm³/mol. The van der Waals surface area contributed by atoms with E-state index >= 15 is 0 Å². The first-order valence-electron chi connectivity index (χ1n) is 6.74. The molecule has 0 aliphatic carbocycles.